The van der Waals surface area contributed by atoms with Crippen LogP contribution < -0.4 is 10.2 Å². The Kier molecular flexibility index (Phi) is 4.24. The van der Waals surface area contributed by atoms with Gasteiger partial charge in [0.25, 0.3) is 0 Å². The highest BCUT2D eigenvalue weighted by atomic mass is 19.1. The topological polar surface area (TPSA) is 56.1 Å². The molecule has 23 heavy (non-hydrogen) atoms. The lowest BCUT2D eigenvalue weighted by Gasteiger charge is -2.16. The first-order valence-corrected chi connectivity index (χ1v) is 7.50. The fourth-order valence-electron chi connectivity index (χ4n) is 2.68. The maximum atomic E-state index is 13.1. The molecule has 0 saturated carbocycles. The molecule has 0 aromatic heterocycles. The summed E-state index contributed by atoms with van der Waals surface area (Å²) >= 11 is 0. The van der Waals surface area contributed by atoms with E-state index in [-0.39, 0.29) is 11.5 Å². The van der Waals surface area contributed by atoms with Crippen LogP contribution in [0.3, 0.4) is 0 Å². The molecule has 4 nitrogen and oxygen atoms in total. The number of rotatable bonds is 4. The van der Waals surface area contributed by atoms with Crippen LogP contribution in [-0.2, 0) is 11.3 Å². The van der Waals surface area contributed by atoms with Crippen molar-refractivity contribution in [3.8, 4) is 6.07 Å². The van der Waals surface area contributed by atoms with Crippen molar-refractivity contribution in [3.05, 3.63) is 59.4 Å². The highest BCUT2D eigenvalue weighted by molar-refractivity contribution is 5.95. The molecule has 1 aliphatic rings. The molecule has 1 N–H and O–H groups in total. The molecule has 0 unspecified atom stereocenters. The fourth-order valence-corrected chi connectivity index (χ4v) is 2.68. The van der Waals surface area contributed by atoms with E-state index in [9.17, 15) is 9.18 Å². The minimum atomic E-state index is -0.424. The number of nitrogens with zero attached hydrogens (tertiary/aromatic N) is 2. The van der Waals surface area contributed by atoms with Crippen LogP contribution in [0.25, 0.3) is 0 Å². The summed E-state index contributed by atoms with van der Waals surface area (Å²) < 4.78 is 13.1. The van der Waals surface area contributed by atoms with Crippen molar-refractivity contribution in [2.45, 2.75) is 19.4 Å². The molecule has 1 amide bonds. The summed E-state index contributed by atoms with van der Waals surface area (Å²) in [5.41, 5.74) is 2.82. The number of halogens is 1. The van der Waals surface area contributed by atoms with Gasteiger partial charge in [-0.05, 0) is 42.3 Å². The second-order valence-electron chi connectivity index (χ2n) is 5.47. The zero-order valence-electron chi connectivity index (χ0n) is 12.6. The van der Waals surface area contributed by atoms with E-state index in [1.165, 1.54) is 12.1 Å². The van der Waals surface area contributed by atoms with Gasteiger partial charge in [-0.25, -0.2) is 4.39 Å². The first-order chi connectivity index (χ1) is 11.2. The summed E-state index contributed by atoms with van der Waals surface area (Å²) in [6.07, 6.45) is 1.52. The molecule has 0 radical (unpaired) electrons. The lowest BCUT2D eigenvalue weighted by atomic mass is 10.1. The lowest BCUT2D eigenvalue weighted by molar-refractivity contribution is -0.117. The third-order valence-corrected chi connectivity index (χ3v) is 3.91. The Bertz CT molecular complexity index is 765. The van der Waals surface area contributed by atoms with Gasteiger partial charge in [0.05, 0.1) is 11.3 Å². The van der Waals surface area contributed by atoms with E-state index in [0.717, 1.165) is 24.2 Å². The average molecular weight is 309 g/mol. The van der Waals surface area contributed by atoms with E-state index in [1.54, 1.807) is 11.0 Å². The third kappa shape index (κ3) is 3.32. The van der Waals surface area contributed by atoms with E-state index in [2.05, 4.69) is 5.32 Å². The molecule has 1 aliphatic heterocycles. The van der Waals surface area contributed by atoms with Crippen LogP contribution in [-0.4, -0.2) is 12.5 Å². The lowest BCUT2D eigenvalue weighted by Crippen LogP contribution is -2.23. The first-order valence-electron chi connectivity index (χ1n) is 7.50. The van der Waals surface area contributed by atoms with Crippen molar-refractivity contribution in [1.29, 1.82) is 5.26 Å². The summed E-state index contributed by atoms with van der Waals surface area (Å²) in [6, 6.07) is 13.8. The minimum absolute atomic E-state index is 0.167. The van der Waals surface area contributed by atoms with E-state index < -0.39 is 5.82 Å². The first kappa shape index (κ1) is 15.0. The van der Waals surface area contributed by atoms with Gasteiger partial charge >= 0.3 is 0 Å². The molecule has 0 spiro atoms. The number of nitrogens with one attached hydrogen (secondary N) is 1. The number of carbonyl (C=O) groups excluding carboxylic acids is 1. The Balaban J connectivity index is 1.67. The quantitative estimate of drug-likeness (QED) is 0.941. The minimum Gasteiger partial charge on any atom is -0.380 e. The van der Waals surface area contributed by atoms with Gasteiger partial charge in [0.1, 0.15) is 11.9 Å². The van der Waals surface area contributed by atoms with Gasteiger partial charge in [-0.15, -0.1) is 0 Å². The Morgan fingerprint density at radius 2 is 2.00 bits per heavy atom. The van der Waals surface area contributed by atoms with E-state index in [4.69, 9.17) is 5.26 Å². The monoisotopic (exact) mass is 309 g/mol. The van der Waals surface area contributed by atoms with Crippen LogP contribution in [0.1, 0.15) is 24.0 Å². The van der Waals surface area contributed by atoms with Gasteiger partial charge in [-0.2, -0.15) is 5.26 Å². The van der Waals surface area contributed by atoms with Gasteiger partial charge in [-0.3, -0.25) is 4.79 Å². The maximum Gasteiger partial charge on any atom is 0.227 e. The second kappa shape index (κ2) is 6.49. The van der Waals surface area contributed by atoms with Crippen LogP contribution in [0.15, 0.2) is 42.5 Å². The zero-order valence-corrected chi connectivity index (χ0v) is 12.6. The fraction of sp³-hybridized carbons (Fsp3) is 0.222. The molecular formula is C18H16FN3O. The number of carbonyl (C=O) groups is 1. The normalized spacial score (nSPS) is 13.9. The Labute approximate surface area is 134 Å². The van der Waals surface area contributed by atoms with Crippen LogP contribution in [0, 0.1) is 17.1 Å². The summed E-state index contributed by atoms with van der Waals surface area (Å²) in [5.74, 6) is -0.257. The van der Waals surface area contributed by atoms with Gasteiger partial charge in [0, 0.05) is 25.2 Å². The number of hydrogen-bond donors (Lipinski definition) is 1. The van der Waals surface area contributed by atoms with E-state index in [0.29, 0.717) is 18.7 Å². The standard InChI is InChI=1S/C18H16FN3O/c19-15-5-8-17(14(10-15)11-20)21-12-13-3-6-16(7-4-13)22-9-1-2-18(22)23/h3-8,10,21H,1-2,9,12H2. The van der Waals surface area contributed by atoms with Crippen molar-refractivity contribution in [1.82, 2.24) is 0 Å². The molecular weight excluding hydrogens is 293 g/mol. The van der Waals surface area contributed by atoms with Gasteiger partial charge in [0.15, 0.2) is 0 Å². The molecule has 1 fully saturated rings. The number of hydrogen-bond acceptors (Lipinski definition) is 3. The molecule has 116 valence electrons. The SMILES string of the molecule is N#Cc1cc(F)ccc1NCc1ccc(N2CCCC2=O)cc1. The Hall–Kier alpha value is -2.87. The zero-order chi connectivity index (χ0) is 16.2. The maximum absolute atomic E-state index is 13.1. The van der Waals surface area contributed by atoms with Crippen molar-refractivity contribution >= 4 is 17.3 Å². The van der Waals surface area contributed by atoms with Gasteiger partial charge in [0.2, 0.25) is 5.91 Å². The number of anilines is 2. The van der Waals surface area contributed by atoms with E-state index in [1.807, 2.05) is 30.3 Å². The van der Waals surface area contributed by atoms with Gasteiger partial charge < -0.3 is 10.2 Å². The molecule has 2 aromatic rings. The summed E-state index contributed by atoms with van der Waals surface area (Å²) in [4.78, 5) is 13.5. The second-order valence-corrected chi connectivity index (χ2v) is 5.47. The van der Waals surface area contributed by atoms with Crippen LogP contribution in [0.5, 0.6) is 0 Å². The predicted octanol–water partition coefficient (Wildman–Crippen LogP) is 3.44. The molecule has 0 aliphatic carbocycles. The Morgan fingerprint density at radius 3 is 2.65 bits per heavy atom. The van der Waals surface area contributed by atoms with Crippen LogP contribution in [0.2, 0.25) is 0 Å². The number of amides is 1. The smallest absolute Gasteiger partial charge is 0.227 e. The summed E-state index contributed by atoms with van der Waals surface area (Å²) in [7, 11) is 0. The molecule has 0 bridgehead atoms. The largest absolute Gasteiger partial charge is 0.380 e. The van der Waals surface area contributed by atoms with Crippen LogP contribution in [0.4, 0.5) is 15.8 Å². The van der Waals surface area contributed by atoms with Crippen LogP contribution >= 0.6 is 0 Å². The third-order valence-electron chi connectivity index (χ3n) is 3.91. The van der Waals surface area contributed by atoms with E-state index >= 15 is 0 Å². The molecule has 1 heterocycles. The molecule has 0 atom stereocenters. The summed E-state index contributed by atoms with van der Waals surface area (Å²) in [6.45, 7) is 1.30. The number of nitriles is 1. The van der Waals surface area contributed by atoms with Crippen molar-refractivity contribution in [3.63, 3.8) is 0 Å². The van der Waals surface area contributed by atoms with Crippen molar-refractivity contribution in [2.75, 3.05) is 16.8 Å². The number of benzene rings is 2. The van der Waals surface area contributed by atoms with Gasteiger partial charge in [-0.1, -0.05) is 12.1 Å². The summed E-state index contributed by atoms with van der Waals surface area (Å²) in [5, 5.41) is 12.2. The highest BCUT2D eigenvalue weighted by Gasteiger charge is 2.21. The van der Waals surface area contributed by atoms with Crippen molar-refractivity contribution in [2.24, 2.45) is 0 Å². The Morgan fingerprint density at radius 1 is 1.22 bits per heavy atom. The predicted molar refractivity (Wildman–Crippen MR) is 86.5 cm³/mol. The molecule has 1 saturated heterocycles. The molecule has 5 heteroatoms. The van der Waals surface area contributed by atoms with Crippen molar-refractivity contribution < 1.29 is 9.18 Å². The molecule has 2 aromatic carbocycles. The highest BCUT2D eigenvalue weighted by Crippen LogP contribution is 2.22. The molecule has 3 rings (SSSR count). The average Bonchev–Trinajstić information content (AvgIpc) is 3.00.